The van der Waals surface area contributed by atoms with Gasteiger partial charge in [-0.1, -0.05) is 24.3 Å². The second-order valence-corrected chi connectivity index (χ2v) is 6.59. The van der Waals surface area contributed by atoms with Crippen molar-refractivity contribution in [2.45, 2.75) is 6.42 Å². The van der Waals surface area contributed by atoms with E-state index in [0.717, 1.165) is 5.56 Å². The van der Waals surface area contributed by atoms with Crippen LogP contribution in [0.25, 0.3) is 0 Å². The van der Waals surface area contributed by atoms with Crippen LogP contribution in [0.1, 0.15) is 5.56 Å². The molecule has 2 N–H and O–H groups in total. The second-order valence-electron chi connectivity index (χ2n) is 6.59. The van der Waals surface area contributed by atoms with Gasteiger partial charge in [0.05, 0.1) is 14.2 Å². The van der Waals surface area contributed by atoms with Crippen molar-refractivity contribution in [3.63, 3.8) is 0 Å². The SMILES string of the molecule is COc1ccc(CCNC(=O)C(=O)Nc2ccc(Oc3ccccc3)cc2)cc1OC. The van der Waals surface area contributed by atoms with E-state index in [9.17, 15) is 9.59 Å². The summed E-state index contributed by atoms with van der Waals surface area (Å²) in [7, 11) is 3.13. The number of amides is 2. The minimum absolute atomic E-state index is 0.311. The maximum Gasteiger partial charge on any atom is 0.313 e. The molecule has 7 nitrogen and oxygen atoms in total. The van der Waals surface area contributed by atoms with Crippen LogP contribution in [0, 0.1) is 0 Å². The first kappa shape index (κ1) is 21.7. The van der Waals surface area contributed by atoms with Crippen LogP contribution >= 0.6 is 0 Å². The molecule has 160 valence electrons. The summed E-state index contributed by atoms with van der Waals surface area (Å²) >= 11 is 0. The van der Waals surface area contributed by atoms with Crippen LogP contribution in [0.3, 0.4) is 0 Å². The van der Waals surface area contributed by atoms with Crippen LogP contribution in [0.15, 0.2) is 72.8 Å². The number of anilines is 1. The fourth-order valence-corrected chi connectivity index (χ4v) is 2.86. The van der Waals surface area contributed by atoms with Crippen molar-refractivity contribution in [1.29, 1.82) is 0 Å². The fourth-order valence-electron chi connectivity index (χ4n) is 2.86. The number of rotatable bonds is 8. The summed E-state index contributed by atoms with van der Waals surface area (Å²) < 4.78 is 16.2. The van der Waals surface area contributed by atoms with Crippen LogP contribution in [0.4, 0.5) is 5.69 Å². The van der Waals surface area contributed by atoms with Crippen molar-refractivity contribution >= 4 is 17.5 Å². The molecule has 0 unspecified atom stereocenters. The van der Waals surface area contributed by atoms with E-state index in [0.29, 0.717) is 41.7 Å². The van der Waals surface area contributed by atoms with Crippen molar-refractivity contribution in [1.82, 2.24) is 5.32 Å². The lowest BCUT2D eigenvalue weighted by molar-refractivity contribution is -0.136. The minimum Gasteiger partial charge on any atom is -0.493 e. The lowest BCUT2D eigenvalue weighted by Crippen LogP contribution is -2.36. The minimum atomic E-state index is -0.732. The summed E-state index contributed by atoms with van der Waals surface area (Å²) in [5.74, 6) is 1.16. The van der Waals surface area contributed by atoms with Gasteiger partial charge in [0.2, 0.25) is 0 Å². The number of carbonyl (C=O) groups is 2. The number of benzene rings is 3. The molecule has 0 radical (unpaired) electrons. The zero-order chi connectivity index (χ0) is 22.1. The van der Waals surface area contributed by atoms with E-state index in [1.165, 1.54) is 0 Å². The molecule has 0 spiro atoms. The zero-order valence-corrected chi connectivity index (χ0v) is 17.4. The smallest absolute Gasteiger partial charge is 0.313 e. The third-order valence-corrected chi connectivity index (χ3v) is 4.44. The lowest BCUT2D eigenvalue weighted by Gasteiger charge is -2.10. The normalized spacial score (nSPS) is 10.1. The van der Waals surface area contributed by atoms with Crippen molar-refractivity contribution in [2.75, 3.05) is 26.1 Å². The molecule has 3 rings (SSSR count). The van der Waals surface area contributed by atoms with Gasteiger partial charge in [-0.2, -0.15) is 0 Å². The number of methoxy groups -OCH3 is 2. The van der Waals surface area contributed by atoms with Gasteiger partial charge in [-0.05, 0) is 60.5 Å². The largest absolute Gasteiger partial charge is 0.493 e. The molecule has 0 aliphatic heterocycles. The quantitative estimate of drug-likeness (QED) is 0.542. The van der Waals surface area contributed by atoms with Crippen LogP contribution in [0.5, 0.6) is 23.0 Å². The Balaban J connectivity index is 1.46. The molecular formula is C24H24N2O5. The Hall–Kier alpha value is -4.00. The molecule has 3 aromatic carbocycles. The predicted octanol–water partition coefficient (Wildman–Crippen LogP) is 3.79. The van der Waals surface area contributed by atoms with Gasteiger partial charge >= 0.3 is 11.8 Å². The third-order valence-electron chi connectivity index (χ3n) is 4.44. The Morgan fingerprint density at radius 1 is 0.774 bits per heavy atom. The summed E-state index contributed by atoms with van der Waals surface area (Å²) in [6.45, 7) is 0.311. The standard InChI is InChI=1S/C24H24N2O5/c1-29-21-13-8-17(16-22(21)30-2)14-15-25-23(27)24(28)26-18-9-11-20(12-10-18)31-19-6-4-3-5-7-19/h3-13,16H,14-15H2,1-2H3,(H,25,27)(H,26,28). The number of hydrogen-bond donors (Lipinski definition) is 2. The molecule has 0 aromatic heterocycles. The van der Waals surface area contributed by atoms with Gasteiger partial charge in [0.15, 0.2) is 11.5 Å². The molecule has 3 aromatic rings. The lowest BCUT2D eigenvalue weighted by atomic mass is 10.1. The van der Waals surface area contributed by atoms with E-state index in [1.807, 2.05) is 42.5 Å². The van der Waals surface area contributed by atoms with Crippen LogP contribution in [-0.4, -0.2) is 32.6 Å². The highest BCUT2D eigenvalue weighted by Crippen LogP contribution is 2.27. The van der Waals surface area contributed by atoms with Crippen molar-refractivity contribution in [3.05, 3.63) is 78.4 Å². The number of para-hydroxylation sites is 1. The Morgan fingerprint density at radius 2 is 1.45 bits per heavy atom. The topological polar surface area (TPSA) is 85.9 Å². The highest BCUT2D eigenvalue weighted by molar-refractivity contribution is 6.39. The maximum absolute atomic E-state index is 12.1. The van der Waals surface area contributed by atoms with Gasteiger partial charge in [-0.15, -0.1) is 0 Å². The van der Waals surface area contributed by atoms with Crippen molar-refractivity contribution in [3.8, 4) is 23.0 Å². The molecule has 0 bridgehead atoms. The molecule has 0 saturated heterocycles. The first-order valence-electron chi connectivity index (χ1n) is 9.72. The molecule has 0 saturated carbocycles. The Kier molecular flexibility index (Phi) is 7.48. The van der Waals surface area contributed by atoms with Crippen LogP contribution in [-0.2, 0) is 16.0 Å². The first-order chi connectivity index (χ1) is 15.1. The number of carbonyl (C=O) groups excluding carboxylic acids is 2. The maximum atomic E-state index is 12.1. The Labute approximate surface area is 180 Å². The van der Waals surface area contributed by atoms with Gasteiger partial charge < -0.3 is 24.8 Å². The molecule has 0 atom stereocenters. The van der Waals surface area contributed by atoms with Gasteiger partial charge in [-0.25, -0.2) is 0 Å². The summed E-state index contributed by atoms with van der Waals surface area (Å²) in [5, 5.41) is 5.19. The zero-order valence-electron chi connectivity index (χ0n) is 17.4. The van der Waals surface area contributed by atoms with Crippen LogP contribution < -0.4 is 24.8 Å². The third kappa shape index (κ3) is 6.24. The predicted molar refractivity (Wildman–Crippen MR) is 118 cm³/mol. The first-order valence-corrected chi connectivity index (χ1v) is 9.72. The van der Waals surface area contributed by atoms with Gasteiger partial charge in [0, 0.05) is 12.2 Å². The van der Waals surface area contributed by atoms with E-state index in [-0.39, 0.29) is 0 Å². The number of ether oxygens (including phenoxy) is 3. The van der Waals surface area contributed by atoms with Crippen molar-refractivity contribution < 1.29 is 23.8 Å². The van der Waals surface area contributed by atoms with Gasteiger partial charge in [0.1, 0.15) is 11.5 Å². The van der Waals surface area contributed by atoms with E-state index in [2.05, 4.69) is 10.6 Å². The van der Waals surface area contributed by atoms with Crippen molar-refractivity contribution in [2.24, 2.45) is 0 Å². The van der Waals surface area contributed by atoms with Gasteiger partial charge in [0.25, 0.3) is 0 Å². The molecule has 0 aliphatic rings. The average molecular weight is 420 g/mol. The second kappa shape index (κ2) is 10.7. The Morgan fingerprint density at radius 3 is 2.13 bits per heavy atom. The summed E-state index contributed by atoms with van der Waals surface area (Å²) in [5.41, 5.74) is 1.45. The molecule has 2 amide bonds. The molecular weight excluding hydrogens is 396 g/mol. The Bertz CT molecular complexity index is 1020. The fraction of sp³-hybridized carbons (Fsp3) is 0.167. The summed E-state index contributed by atoms with van der Waals surface area (Å²) in [6.07, 6.45) is 0.547. The van der Waals surface area contributed by atoms with E-state index in [1.54, 1.807) is 44.6 Å². The van der Waals surface area contributed by atoms with Crippen LogP contribution in [0.2, 0.25) is 0 Å². The monoisotopic (exact) mass is 420 g/mol. The summed E-state index contributed by atoms with van der Waals surface area (Å²) in [6, 6.07) is 21.7. The highest BCUT2D eigenvalue weighted by atomic mass is 16.5. The summed E-state index contributed by atoms with van der Waals surface area (Å²) in [4.78, 5) is 24.2. The number of nitrogens with one attached hydrogen (secondary N) is 2. The van der Waals surface area contributed by atoms with Gasteiger partial charge in [-0.3, -0.25) is 9.59 Å². The molecule has 0 fully saturated rings. The molecule has 0 heterocycles. The molecule has 7 heteroatoms. The molecule has 31 heavy (non-hydrogen) atoms. The molecule has 0 aliphatic carbocycles. The van der Waals surface area contributed by atoms with E-state index < -0.39 is 11.8 Å². The highest BCUT2D eigenvalue weighted by Gasteiger charge is 2.13. The van der Waals surface area contributed by atoms with E-state index >= 15 is 0 Å². The average Bonchev–Trinajstić information content (AvgIpc) is 2.80. The number of hydrogen-bond acceptors (Lipinski definition) is 5. The van der Waals surface area contributed by atoms with E-state index in [4.69, 9.17) is 14.2 Å².